The highest BCUT2D eigenvalue weighted by molar-refractivity contribution is 6.06. The first kappa shape index (κ1) is 6.03. The van der Waals surface area contributed by atoms with Crippen molar-refractivity contribution in [1.82, 2.24) is 15.4 Å². The molecule has 53 valence electrons. The van der Waals surface area contributed by atoms with E-state index in [0.29, 0.717) is 11.5 Å². The normalized spacial score (nSPS) is 14.4. The summed E-state index contributed by atoms with van der Waals surface area (Å²) in [6.07, 6.45) is 6.75. The van der Waals surface area contributed by atoms with Crippen LogP contribution in [0.4, 0.5) is 0 Å². The lowest BCUT2D eigenvalue weighted by molar-refractivity contribution is 0.967. The Morgan fingerprint density at radius 1 is 1.09 bits per heavy atom. The summed E-state index contributed by atoms with van der Waals surface area (Å²) in [7, 11) is 0. The van der Waals surface area contributed by atoms with E-state index in [-0.39, 0.29) is 0 Å². The third kappa shape index (κ3) is 1.10. The third-order valence-electron chi connectivity index (χ3n) is 1.26. The van der Waals surface area contributed by atoms with Gasteiger partial charge in [0.1, 0.15) is 5.71 Å². The zero-order valence-corrected chi connectivity index (χ0v) is 5.68. The quantitative estimate of drug-likeness (QED) is 0.571. The molecule has 0 saturated carbocycles. The lowest BCUT2D eigenvalue weighted by Gasteiger charge is -1.91. The summed E-state index contributed by atoms with van der Waals surface area (Å²) in [5.41, 5.74) is 4.38. The van der Waals surface area contributed by atoms with E-state index in [0.717, 1.165) is 0 Å². The van der Waals surface area contributed by atoms with Crippen LogP contribution in [0.25, 0.3) is 0 Å². The zero-order chi connectivity index (χ0) is 7.52. The second kappa shape index (κ2) is 2.49. The second-order valence-electron chi connectivity index (χ2n) is 1.99. The Labute approximate surface area is 63.7 Å². The van der Waals surface area contributed by atoms with Gasteiger partial charge in [-0.1, -0.05) is 0 Å². The van der Waals surface area contributed by atoms with E-state index in [1.165, 1.54) is 0 Å². The third-order valence-corrected chi connectivity index (χ3v) is 1.26. The maximum Gasteiger partial charge on any atom is 0.180 e. The van der Waals surface area contributed by atoms with Gasteiger partial charge in [-0.05, 0) is 12.1 Å². The average molecular weight is 145 g/mol. The predicted molar refractivity (Wildman–Crippen MR) is 39.8 cm³/mol. The van der Waals surface area contributed by atoms with E-state index in [9.17, 15) is 0 Å². The Bertz CT molecular complexity index is 301. The number of hydrogen-bond acceptors (Lipinski definition) is 3. The molecular weight excluding hydrogens is 140 g/mol. The van der Waals surface area contributed by atoms with Crippen LogP contribution in [-0.4, -0.2) is 15.7 Å². The van der Waals surface area contributed by atoms with E-state index in [1.807, 2.05) is 0 Å². The van der Waals surface area contributed by atoms with Crippen LogP contribution < -0.4 is 5.43 Å². The molecule has 2 heterocycles. The molecule has 0 aliphatic carbocycles. The summed E-state index contributed by atoms with van der Waals surface area (Å²) in [6, 6.07) is 1.76. The largest absolute Gasteiger partial charge is 0.235 e. The van der Waals surface area contributed by atoms with Crippen LogP contribution in [0.1, 0.15) is 5.82 Å². The maximum absolute atomic E-state index is 4.01. The molecule has 0 aromatic carbocycles. The molecule has 0 spiro atoms. The van der Waals surface area contributed by atoms with Gasteiger partial charge in [-0.2, -0.15) is 5.43 Å². The summed E-state index contributed by atoms with van der Waals surface area (Å²) in [5.74, 6) is 0.616. The van der Waals surface area contributed by atoms with Gasteiger partial charge in [-0.15, -0.1) is 5.10 Å². The maximum atomic E-state index is 4.01. The van der Waals surface area contributed by atoms with Gasteiger partial charge in [0.25, 0.3) is 0 Å². The molecule has 0 unspecified atom stereocenters. The zero-order valence-electron chi connectivity index (χ0n) is 5.68. The van der Waals surface area contributed by atoms with E-state index < -0.39 is 0 Å². The monoisotopic (exact) mass is 145 g/mol. The Morgan fingerprint density at radius 2 is 1.91 bits per heavy atom. The molecule has 0 saturated heterocycles. The topological polar surface area (TPSA) is 52.2 Å². The fourth-order valence-corrected chi connectivity index (χ4v) is 0.783. The molecule has 2 rings (SSSR count). The van der Waals surface area contributed by atoms with Crippen LogP contribution in [0.15, 0.2) is 35.8 Å². The molecule has 0 amide bonds. The number of allylic oxidation sites excluding steroid dienone is 1. The summed E-state index contributed by atoms with van der Waals surface area (Å²) in [5, 5.41) is 3.81. The first-order chi connectivity index (χ1) is 5.47. The van der Waals surface area contributed by atoms with Gasteiger partial charge in [0.05, 0.1) is 6.20 Å². The number of nitrogens with zero attached hydrogens (tertiary/aromatic N) is 4. The van der Waals surface area contributed by atoms with Gasteiger partial charge in [-0.3, -0.25) is 0 Å². The van der Waals surface area contributed by atoms with E-state index in [4.69, 9.17) is 0 Å². The standard InChI is InChI=1S/C7H5N4/c1-3-8-7(9-4-1)6-2-5-10-11-6/h1-5H. The van der Waals surface area contributed by atoms with Crippen LogP contribution in [0, 0.1) is 0 Å². The Hall–Kier alpha value is -1.71. The minimum atomic E-state index is 0.616. The smallest absolute Gasteiger partial charge is 0.180 e. The van der Waals surface area contributed by atoms with Gasteiger partial charge < -0.3 is 0 Å². The fraction of sp³-hybridized carbons (Fsp3) is 0. The van der Waals surface area contributed by atoms with Crippen molar-refractivity contribution < 1.29 is 0 Å². The summed E-state index contributed by atoms with van der Waals surface area (Å²) in [6.45, 7) is 0. The molecule has 1 aromatic heterocycles. The molecule has 0 N–H and O–H groups in total. The first-order valence-electron chi connectivity index (χ1n) is 3.18. The molecule has 0 bridgehead atoms. The van der Waals surface area contributed by atoms with Gasteiger partial charge >= 0.3 is 0 Å². The molecule has 1 radical (unpaired) electrons. The minimum absolute atomic E-state index is 0.616. The molecule has 11 heavy (non-hydrogen) atoms. The fourth-order valence-electron chi connectivity index (χ4n) is 0.783. The van der Waals surface area contributed by atoms with Crippen LogP contribution in [-0.2, 0) is 0 Å². The summed E-state index contributed by atoms with van der Waals surface area (Å²) >= 11 is 0. The van der Waals surface area contributed by atoms with Crippen LogP contribution in [0.5, 0.6) is 0 Å². The van der Waals surface area contributed by atoms with Gasteiger partial charge in [0.15, 0.2) is 5.82 Å². The van der Waals surface area contributed by atoms with Crippen molar-refractivity contribution in [2.24, 2.45) is 5.10 Å². The van der Waals surface area contributed by atoms with Crippen molar-refractivity contribution in [2.75, 3.05) is 0 Å². The molecule has 0 fully saturated rings. The molecule has 4 nitrogen and oxygen atoms in total. The molecular formula is C7H5N4. The number of rotatable bonds is 1. The highest BCUT2D eigenvalue weighted by atomic mass is 15.3. The van der Waals surface area contributed by atoms with Crippen LogP contribution in [0.3, 0.4) is 0 Å². The van der Waals surface area contributed by atoms with Gasteiger partial charge in [0, 0.05) is 12.4 Å². The molecule has 4 heteroatoms. The van der Waals surface area contributed by atoms with Crippen molar-refractivity contribution in [2.45, 2.75) is 0 Å². The molecule has 0 atom stereocenters. The average Bonchev–Trinajstić information content (AvgIpc) is 2.58. The Balaban J connectivity index is 2.37. The first-order valence-corrected chi connectivity index (χ1v) is 3.18. The van der Waals surface area contributed by atoms with Crippen molar-refractivity contribution in [3.63, 3.8) is 0 Å². The molecule has 1 aliphatic rings. The second-order valence-corrected chi connectivity index (χ2v) is 1.99. The predicted octanol–water partition coefficient (Wildman–Crippen LogP) is 0.312. The SMILES string of the molecule is C1=CC(c2ncccn2)=N[N]1. The van der Waals surface area contributed by atoms with E-state index >= 15 is 0 Å². The van der Waals surface area contributed by atoms with Crippen molar-refractivity contribution >= 4 is 5.71 Å². The van der Waals surface area contributed by atoms with Crippen LogP contribution in [0.2, 0.25) is 0 Å². The highest BCUT2D eigenvalue weighted by Crippen LogP contribution is 1.97. The lowest BCUT2D eigenvalue weighted by Crippen LogP contribution is -2.00. The minimum Gasteiger partial charge on any atom is -0.235 e. The lowest BCUT2D eigenvalue weighted by atomic mass is 10.3. The number of hydrogen-bond donors (Lipinski definition) is 0. The van der Waals surface area contributed by atoms with Gasteiger partial charge in [-0.25, -0.2) is 9.97 Å². The highest BCUT2D eigenvalue weighted by Gasteiger charge is 2.05. The summed E-state index contributed by atoms with van der Waals surface area (Å²) in [4.78, 5) is 8.02. The van der Waals surface area contributed by atoms with Crippen molar-refractivity contribution in [3.05, 3.63) is 36.6 Å². The summed E-state index contributed by atoms with van der Waals surface area (Å²) < 4.78 is 0. The van der Waals surface area contributed by atoms with E-state index in [1.54, 1.807) is 30.7 Å². The van der Waals surface area contributed by atoms with E-state index in [2.05, 4.69) is 20.5 Å². The van der Waals surface area contributed by atoms with Gasteiger partial charge in [0.2, 0.25) is 0 Å². The van der Waals surface area contributed by atoms with Crippen molar-refractivity contribution in [3.8, 4) is 0 Å². The Kier molecular flexibility index (Phi) is 1.37. The van der Waals surface area contributed by atoms with Crippen molar-refractivity contribution in [1.29, 1.82) is 0 Å². The Morgan fingerprint density at radius 3 is 2.55 bits per heavy atom. The molecule has 1 aromatic rings. The van der Waals surface area contributed by atoms with Crippen LogP contribution >= 0.6 is 0 Å². The molecule has 1 aliphatic heterocycles. The number of aromatic nitrogens is 2.